The Balaban J connectivity index is 2.31. The predicted octanol–water partition coefficient (Wildman–Crippen LogP) is 2.70. The molecule has 0 saturated carbocycles. The number of allylic oxidation sites excluding steroid dienone is 2. The highest BCUT2D eigenvalue weighted by atomic mass is 16.5. The average molecular weight is 305 g/mol. The number of nitrogens with one attached hydrogen (secondary N) is 1. The molecular weight excluding hydrogens is 286 g/mol. The summed E-state index contributed by atoms with van der Waals surface area (Å²) in [6.07, 6.45) is 6.37. The zero-order valence-electron chi connectivity index (χ0n) is 12.6. The lowest BCUT2D eigenvalue weighted by molar-refractivity contribution is -0.120. The van der Waals surface area contributed by atoms with E-state index in [-0.39, 0.29) is 23.1 Å². The largest absolute Gasteiger partial charge is 0.493 e. The van der Waals surface area contributed by atoms with Gasteiger partial charge in [-0.1, -0.05) is 12.2 Å². The summed E-state index contributed by atoms with van der Waals surface area (Å²) >= 11 is 0. The van der Waals surface area contributed by atoms with Crippen LogP contribution >= 0.6 is 0 Å². The van der Waals surface area contributed by atoms with Gasteiger partial charge >= 0.3 is 5.97 Å². The molecule has 0 aromatic heterocycles. The summed E-state index contributed by atoms with van der Waals surface area (Å²) in [5, 5.41) is 11.9. The minimum atomic E-state index is -1.10. The maximum atomic E-state index is 12.3. The lowest BCUT2D eigenvalue weighted by Gasteiger charge is -2.19. The summed E-state index contributed by atoms with van der Waals surface area (Å²) in [6, 6.07) is 2.74. The van der Waals surface area contributed by atoms with E-state index in [9.17, 15) is 9.59 Å². The van der Waals surface area contributed by atoms with Crippen LogP contribution in [0.5, 0.6) is 11.5 Å². The van der Waals surface area contributed by atoms with E-state index in [1.807, 2.05) is 6.08 Å². The predicted molar refractivity (Wildman–Crippen MR) is 81.6 cm³/mol. The summed E-state index contributed by atoms with van der Waals surface area (Å²) in [5.74, 6) is -0.785. The van der Waals surface area contributed by atoms with Crippen molar-refractivity contribution in [2.75, 3.05) is 19.5 Å². The third kappa shape index (κ3) is 3.39. The molecule has 22 heavy (non-hydrogen) atoms. The van der Waals surface area contributed by atoms with Gasteiger partial charge < -0.3 is 19.9 Å². The number of carboxylic acid groups (broad SMARTS) is 1. The van der Waals surface area contributed by atoms with Gasteiger partial charge in [0.1, 0.15) is 0 Å². The zero-order valence-corrected chi connectivity index (χ0v) is 12.6. The van der Waals surface area contributed by atoms with E-state index in [0.717, 1.165) is 12.8 Å². The molecule has 0 heterocycles. The van der Waals surface area contributed by atoms with Crippen molar-refractivity contribution in [1.29, 1.82) is 0 Å². The molecular formula is C16H19NO5. The molecule has 0 fully saturated rings. The maximum absolute atomic E-state index is 12.3. The molecule has 6 nitrogen and oxygen atoms in total. The van der Waals surface area contributed by atoms with Gasteiger partial charge in [0.25, 0.3) is 0 Å². The Kier molecular flexibility index (Phi) is 5.04. The second-order valence-electron chi connectivity index (χ2n) is 5.04. The van der Waals surface area contributed by atoms with Crippen LogP contribution in [0.4, 0.5) is 5.69 Å². The minimum absolute atomic E-state index is 0.0245. The first-order valence-electron chi connectivity index (χ1n) is 7.02. The normalized spacial score (nSPS) is 16.9. The van der Waals surface area contributed by atoms with Crippen molar-refractivity contribution in [1.82, 2.24) is 0 Å². The number of hydrogen-bond donors (Lipinski definition) is 2. The maximum Gasteiger partial charge on any atom is 0.335 e. The lowest BCUT2D eigenvalue weighted by Crippen LogP contribution is -2.24. The molecule has 1 aromatic carbocycles. The molecule has 1 unspecified atom stereocenters. The Morgan fingerprint density at radius 3 is 2.55 bits per heavy atom. The van der Waals surface area contributed by atoms with Crippen LogP contribution in [0.1, 0.15) is 29.6 Å². The number of carbonyl (C=O) groups is 2. The van der Waals surface area contributed by atoms with Crippen LogP contribution in [0.15, 0.2) is 24.3 Å². The number of ether oxygens (including phenoxy) is 2. The molecule has 1 amide bonds. The minimum Gasteiger partial charge on any atom is -0.493 e. The number of carbonyl (C=O) groups excluding carboxylic acids is 1. The van der Waals surface area contributed by atoms with Gasteiger partial charge in [-0.3, -0.25) is 4.79 Å². The highest BCUT2D eigenvalue weighted by Crippen LogP contribution is 2.37. The van der Waals surface area contributed by atoms with E-state index < -0.39 is 5.97 Å². The second kappa shape index (κ2) is 6.98. The first kappa shape index (κ1) is 15.9. The third-order valence-corrected chi connectivity index (χ3v) is 3.62. The third-order valence-electron chi connectivity index (χ3n) is 3.62. The van der Waals surface area contributed by atoms with E-state index in [0.29, 0.717) is 17.9 Å². The van der Waals surface area contributed by atoms with Crippen molar-refractivity contribution < 1.29 is 24.2 Å². The molecule has 0 radical (unpaired) electrons. The Labute approximate surface area is 128 Å². The van der Waals surface area contributed by atoms with Crippen molar-refractivity contribution in [2.45, 2.75) is 19.3 Å². The standard InChI is InChI=1S/C16H19NO5/c1-21-13-9-11(16(19)20)8-12(14(13)22-2)17-15(18)10-6-4-3-5-7-10/h3-4,8-10H,5-7H2,1-2H3,(H,17,18)(H,19,20). The fraction of sp³-hybridized carbons (Fsp3) is 0.375. The molecule has 0 aliphatic heterocycles. The smallest absolute Gasteiger partial charge is 0.335 e. The van der Waals surface area contributed by atoms with E-state index >= 15 is 0 Å². The van der Waals surface area contributed by atoms with Crippen LogP contribution in [0.3, 0.4) is 0 Å². The molecule has 1 aliphatic rings. The van der Waals surface area contributed by atoms with Gasteiger partial charge in [0, 0.05) is 5.92 Å². The van der Waals surface area contributed by atoms with Crippen LogP contribution in [0.2, 0.25) is 0 Å². The Hall–Kier alpha value is -2.50. The molecule has 118 valence electrons. The molecule has 0 spiro atoms. The van der Waals surface area contributed by atoms with Gasteiger partial charge in [-0.15, -0.1) is 0 Å². The van der Waals surface area contributed by atoms with Crippen LogP contribution in [0.25, 0.3) is 0 Å². The fourth-order valence-electron chi connectivity index (χ4n) is 2.45. The number of hydrogen-bond acceptors (Lipinski definition) is 4. The molecule has 1 aromatic rings. The first-order valence-corrected chi connectivity index (χ1v) is 7.02. The molecule has 1 atom stereocenters. The number of methoxy groups -OCH3 is 2. The van der Waals surface area contributed by atoms with Crippen molar-refractivity contribution in [3.05, 3.63) is 29.8 Å². The van der Waals surface area contributed by atoms with Gasteiger partial charge in [-0.2, -0.15) is 0 Å². The number of benzene rings is 1. The first-order chi connectivity index (χ1) is 10.6. The van der Waals surface area contributed by atoms with Crippen LogP contribution in [0, 0.1) is 5.92 Å². The SMILES string of the molecule is COc1cc(C(=O)O)cc(NC(=O)C2CC=CCC2)c1OC. The number of anilines is 1. The topological polar surface area (TPSA) is 84.9 Å². The van der Waals surface area contributed by atoms with Crippen molar-refractivity contribution in [2.24, 2.45) is 5.92 Å². The van der Waals surface area contributed by atoms with E-state index in [1.165, 1.54) is 26.4 Å². The molecule has 6 heteroatoms. The summed E-state index contributed by atoms with van der Waals surface area (Å²) in [7, 11) is 2.86. The van der Waals surface area contributed by atoms with Gasteiger partial charge in [0.15, 0.2) is 11.5 Å². The fourth-order valence-corrected chi connectivity index (χ4v) is 2.45. The molecule has 2 rings (SSSR count). The second-order valence-corrected chi connectivity index (χ2v) is 5.04. The molecule has 0 saturated heterocycles. The summed E-state index contributed by atoms with van der Waals surface area (Å²) in [6.45, 7) is 0. The molecule has 1 aliphatic carbocycles. The van der Waals surface area contributed by atoms with Crippen molar-refractivity contribution in [3.8, 4) is 11.5 Å². The Morgan fingerprint density at radius 1 is 1.23 bits per heavy atom. The highest BCUT2D eigenvalue weighted by Gasteiger charge is 2.22. The molecule has 2 N–H and O–H groups in total. The van der Waals surface area contributed by atoms with E-state index in [4.69, 9.17) is 14.6 Å². The number of aromatic carboxylic acids is 1. The van der Waals surface area contributed by atoms with E-state index in [2.05, 4.69) is 11.4 Å². The average Bonchev–Trinajstić information content (AvgIpc) is 2.54. The van der Waals surface area contributed by atoms with Crippen molar-refractivity contribution in [3.63, 3.8) is 0 Å². The highest BCUT2D eigenvalue weighted by molar-refractivity contribution is 5.97. The Bertz CT molecular complexity index is 609. The van der Waals surface area contributed by atoms with Crippen LogP contribution in [-0.2, 0) is 4.79 Å². The van der Waals surface area contributed by atoms with Gasteiger partial charge in [0.2, 0.25) is 5.91 Å². The summed E-state index contributed by atoms with van der Waals surface area (Å²) < 4.78 is 10.4. The number of rotatable bonds is 5. The van der Waals surface area contributed by atoms with Gasteiger partial charge in [-0.25, -0.2) is 4.79 Å². The van der Waals surface area contributed by atoms with E-state index in [1.54, 1.807) is 0 Å². The number of carboxylic acids is 1. The Morgan fingerprint density at radius 2 is 2.00 bits per heavy atom. The summed E-state index contributed by atoms with van der Waals surface area (Å²) in [4.78, 5) is 23.5. The quantitative estimate of drug-likeness (QED) is 0.817. The van der Waals surface area contributed by atoms with Gasteiger partial charge in [0.05, 0.1) is 25.5 Å². The number of amides is 1. The molecule has 0 bridgehead atoms. The zero-order chi connectivity index (χ0) is 16.1. The van der Waals surface area contributed by atoms with Crippen LogP contribution < -0.4 is 14.8 Å². The van der Waals surface area contributed by atoms with Crippen LogP contribution in [-0.4, -0.2) is 31.2 Å². The lowest BCUT2D eigenvalue weighted by atomic mass is 9.93. The monoisotopic (exact) mass is 305 g/mol. The van der Waals surface area contributed by atoms with Gasteiger partial charge in [-0.05, 0) is 31.4 Å². The summed E-state index contributed by atoms with van der Waals surface area (Å²) in [5.41, 5.74) is 0.329. The van der Waals surface area contributed by atoms with Crippen molar-refractivity contribution >= 4 is 17.6 Å².